The molecule has 1 unspecified atom stereocenters. The summed E-state index contributed by atoms with van der Waals surface area (Å²) in [6.07, 6.45) is 0.334. The topological polar surface area (TPSA) is 130 Å². The number of hydrogen-bond acceptors (Lipinski definition) is 9. The van der Waals surface area contributed by atoms with Crippen molar-refractivity contribution in [2.24, 2.45) is 0 Å². The molecule has 3 heterocycles. The van der Waals surface area contributed by atoms with Crippen molar-refractivity contribution in [3.05, 3.63) is 22.7 Å². The zero-order valence-electron chi connectivity index (χ0n) is 22.4. The van der Waals surface area contributed by atoms with Crippen LogP contribution in [0.4, 0.5) is 10.6 Å². The van der Waals surface area contributed by atoms with E-state index in [4.69, 9.17) is 23.4 Å². The van der Waals surface area contributed by atoms with Crippen molar-refractivity contribution in [1.29, 1.82) is 0 Å². The van der Waals surface area contributed by atoms with Crippen LogP contribution in [0, 0.1) is 0 Å². The van der Waals surface area contributed by atoms with E-state index < -0.39 is 50.4 Å². The lowest BCUT2D eigenvalue weighted by molar-refractivity contribution is -0.225. The van der Waals surface area contributed by atoms with Crippen molar-refractivity contribution in [1.82, 2.24) is 9.55 Å². The van der Waals surface area contributed by atoms with Crippen LogP contribution in [0.3, 0.4) is 0 Å². The predicted molar refractivity (Wildman–Crippen MR) is 135 cm³/mol. The van der Waals surface area contributed by atoms with Crippen molar-refractivity contribution in [2.75, 3.05) is 25.1 Å². The van der Waals surface area contributed by atoms with Gasteiger partial charge < -0.3 is 28.5 Å². The minimum absolute atomic E-state index is 0.0149. The number of ether oxygens (including phenoxy) is 4. The predicted octanol–water partition coefficient (Wildman–Crippen LogP) is 3.39. The first-order valence-corrected chi connectivity index (χ1v) is 15.5. The van der Waals surface area contributed by atoms with E-state index in [1.807, 2.05) is 0 Å². The van der Waals surface area contributed by atoms with E-state index in [1.54, 1.807) is 13.8 Å². The molecule has 1 aromatic heterocycles. The van der Waals surface area contributed by atoms with Crippen LogP contribution in [0.25, 0.3) is 0 Å². The van der Waals surface area contributed by atoms with Crippen molar-refractivity contribution in [3.8, 4) is 0 Å². The van der Waals surface area contributed by atoms with Crippen LogP contribution in [0.2, 0.25) is 18.1 Å². The van der Waals surface area contributed by atoms with Gasteiger partial charge in [-0.1, -0.05) is 20.8 Å². The molecule has 204 valence electrons. The Morgan fingerprint density at radius 2 is 2.08 bits per heavy atom. The standard InChI is InChI=1S/C24H41N3O8Si/c1-8-31-22(29)26-17-12-13-27(21(28)25-17)20-24(5,30)19(35-18-11-9-10-14-32-18)16(34-20)15-33-36(6,7)23(2,3)4/h12-13,16,18-20,30H,8-11,14-15H2,1-7H3,(H,25,26,28,29)/t16-,18?,19-,20-,24-/m1/s1. The second kappa shape index (κ2) is 11.3. The smallest absolute Gasteiger partial charge is 0.412 e. The first-order chi connectivity index (χ1) is 16.8. The molecule has 0 aromatic carbocycles. The molecule has 1 aromatic rings. The van der Waals surface area contributed by atoms with Crippen molar-refractivity contribution >= 4 is 20.2 Å². The molecule has 12 heteroatoms. The molecule has 0 spiro atoms. The van der Waals surface area contributed by atoms with Gasteiger partial charge in [-0.25, -0.2) is 9.59 Å². The lowest BCUT2D eigenvalue weighted by Crippen LogP contribution is -2.51. The molecule has 1 amide bonds. The Morgan fingerprint density at radius 1 is 1.36 bits per heavy atom. The Bertz CT molecular complexity index is 955. The van der Waals surface area contributed by atoms with Gasteiger partial charge in [0.1, 0.15) is 23.6 Å². The van der Waals surface area contributed by atoms with Gasteiger partial charge in [-0.15, -0.1) is 0 Å². The Balaban J connectivity index is 1.85. The molecular formula is C24H41N3O8Si. The molecule has 11 nitrogen and oxygen atoms in total. The highest BCUT2D eigenvalue weighted by atomic mass is 28.4. The SMILES string of the molecule is CCOC(=O)Nc1ccn([C@@H]2O[C@H](CO[Si](C)(C)C(C)(C)C)[C@@H](OC3CCCCO3)[C@@]2(C)O)c(=O)n1. The highest BCUT2D eigenvalue weighted by Gasteiger charge is 2.56. The quantitative estimate of drug-likeness (QED) is 0.488. The van der Waals surface area contributed by atoms with E-state index in [-0.39, 0.29) is 24.1 Å². The maximum Gasteiger partial charge on any atom is 0.412 e. The van der Waals surface area contributed by atoms with Crippen LogP contribution >= 0.6 is 0 Å². The summed E-state index contributed by atoms with van der Waals surface area (Å²) in [5.41, 5.74) is -2.29. The number of carbonyl (C=O) groups is 1. The van der Waals surface area contributed by atoms with E-state index in [0.717, 1.165) is 12.8 Å². The molecule has 36 heavy (non-hydrogen) atoms. The molecule has 0 saturated carbocycles. The normalized spacial score (nSPS) is 29.2. The summed E-state index contributed by atoms with van der Waals surface area (Å²) in [5.74, 6) is 0.0357. The Kier molecular flexibility index (Phi) is 9.00. The molecule has 5 atom stereocenters. The number of amides is 1. The van der Waals surface area contributed by atoms with Gasteiger partial charge in [0, 0.05) is 12.8 Å². The summed E-state index contributed by atoms with van der Waals surface area (Å²) in [6.45, 7) is 15.0. The van der Waals surface area contributed by atoms with E-state index in [0.29, 0.717) is 13.0 Å². The third-order valence-electron chi connectivity index (χ3n) is 7.16. The molecule has 0 aliphatic carbocycles. The van der Waals surface area contributed by atoms with Crippen LogP contribution in [0.15, 0.2) is 17.1 Å². The zero-order chi connectivity index (χ0) is 26.7. The zero-order valence-corrected chi connectivity index (χ0v) is 23.4. The molecule has 2 aliphatic heterocycles. The van der Waals surface area contributed by atoms with Crippen LogP contribution in [-0.2, 0) is 23.4 Å². The lowest BCUT2D eigenvalue weighted by atomic mass is 9.96. The third-order valence-corrected chi connectivity index (χ3v) is 11.7. The number of nitrogens with one attached hydrogen (secondary N) is 1. The van der Waals surface area contributed by atoms with Gasteiger partial charge in [0.2, 0.25) is 0 Å². The summed E-state index contributed by atoms with van der Waals surface area (Å²) in [4.78, 5) is 28.5. The fraction of sp³-hybridized carbons (Fsp3) is 0.792. The monoisotopic (exact) mass is 527 g/mol. The third kappa shape index (κ3) is 6.53. The van der Waals surface area contributed by atoms with Crippen LogP contribution in [0.1, 0.15) is 60.1 Å². The summed E-state index contributed by atoms with van der Waals surface area (Å²) < 4.78 is 30.7. The molecule has 2 N–H and O–H groups in total. The number of anilines is 1. The highest BCUT2D eigenvalue weighted by Crippen LogP contribution is 2.42. The summed E-state index contributed by atoms with van der Waals surface area (Å²) in [6, 6.07) is 1.44. The van der Waals surface area contributed by atoms with Crippen molar-refractivity contribution in [2.45, 2.75) is 102 Å². The minimum atomic E-state index is -2.12. The maximum absolute atomic E-state index is 12.9. The summed E-state index contributed by atoms with van der Waals surface area (Å²) >= 11 is 0. The fourth-order valence-electron chi connectivity index (χ4n) is 4.01. The molecular weight excluding hydrogens is 486 g/mol. The first kappa shape index (κ1) is 28.7. The van der Waals surface area contributed by atoms with Gasteiger partial charge in [-0.2, -0.15) is 4.98 Å². The number of carbonyl (C=O) groups excluding carboxylic acids is 1. The largest absolute Gasteiger partial charge is 0.450 e. The van der Waals surface area contributed by atoms with Crippen molar-refractivity contribution < 1.29 is 33.3 Å². The average Bonchev–Trinajstić information content (AvgIpc) is 3.02. The van der Waals surface area contributed by atoms with Gasteiger partial charge in [0.05, 0.1) is 13.2 Å². The number of nitrogens with zero attached hydrogens (tertiary/aromatic N) is 2. The first-order valence-electron chi connectivity index (χ1n) is 12.6. The minimum Gasteiger partial charge on any atom is -0.450 e. The maximum atomic E-state index is 12.9. The molecule has 2 saturated heterocycles. The Morgan fingerprint density at radius 3 is 2.67 bits per heavy atom. The molecule has 2 fully saturated rings. The van der Waals surface area contributed by atoms with Crippen LogP contribution in [0.5, 0.6) is 0 Å². The second-order valence-corrected chi connectivity index (χ2v) is 15.8. The molecule has 3 rings (SSSR count). The molecule has 2 aliphatic rings. The number of rotatable bonds is 8. The van der Waals surface area contributed by atoms with E-state index in [1.165, 1.54) is 16.8 Å². The van der Waals surface area contributed by atoms with E-state index in [2.05, 4.69) is 44.2 Å². The van der Waals surface area contributed by atoms with Crippen LogP contribution < -0.4 is 11.0 Å². The second-order valence-electron chi connectivity index (χ2n) is 11.0. The van der Waals surface area contributed by atoms with Crippen LogP contribution in [-0.4, -0.2) is 73.0 Å². The molecule has 0 bridgehead atoms. The lowest BCUT2D eigenvalue weighted by Gasteiger charge is -2.38. The van der Waals surface area contributed by atoms with Gasteiger partial charge >= 0.3 is 11.8 Å². The van der Waals surface area contributed by atoms with Gasteiger partial charge in [-0.3, -0.25) is 9.88 Å². The average molecular weight is 528 g/mol. The number of hydrogen-bond donors (Lipinski definition) is 2. The Labute approximate surface area is 213 Å². The summed E-state index contributed by atoms with van der Waals surface area (Å²) in [7, 11) is -2.12. The van der Waals surface area contributed by atoms with Crippen molar-refractivity contribution in [3.63, 3.8) is 0 Å². The van der Waals surface area contributed by atoms with Gasteiger partial charge in [0.15, 0.2) is 20.8 Å². The Hall–Kier alpha value is -1.83. The summed E-state index contributed by atoms with van der Waals surface area (Å²) in [5, 5.41) is 14.0. The van der Waals surface area contributed by atoms with E-state index >= 15 is 0 Å². The van der Waals surface area contributed by atoms with Gasteiger partial charge in [-0.05, 0) is 57.3 Å². The number of aliphatic hydroxyl groups is 1. The fourth-order valence-corrected chi connectivity index (χ4v) is 5.03. The highest BCUT2D eigenvalue weighted by molar-refractivity contribution is 6.74. The van der Waals surface area contributed by atoms with E-state index in [9.17, 15) is 14.7 Å². The molecule has 0 radical (unpaired) electrons. The number of aromatic nitrogens is 2. The van der Waals surface area contributed by atoms with Gasteiger partial charge in [0.25, 0.3) is 0 Å².